The molecule has 5 heteroatoms. The van der Waals surface area contributed by atoms with E-state index in [-0.39, 0.29) is 12.7 Å². The normalized spacial score (nSPS) is 15.3. The van der Waals surface area contributed by atoms with Crippen LogP contribution in [0.3, 0.4) is 0 Å². The molecule has 4 rings (SSSR count). The van der Waals surface area contributed by atoms with Crippen LogP contribution in [0.2, 0.25) is 0 Å². The monoisotopic (exact) mass is 329 g/mol. The fraction of sp³-hybridized carbons (Fsp3) is 0.389. The summed E-state index contributed by atoms with van der Waals surface area (Å²) in [6.07, 6.45) is 4.72. The van der Waals surface area contributed by atoms with Crippen molar-refractivity contribution >= 4 is 17.2 Å². The predicted octanol–water partition coefficient (Wildman–Crippen LogP) is 3.63. The third kappa shape index (κ3) is 2.81. The molecule has 0 fully saturated rings. The van der Waals surface area contributed by atoms with Gasteiger partial charge in [0.25, 0.3) is 5.91 Å². The van der Waals surface area contributed by atoms with Gasteiger partial charge in [-0.25, -0.2) is 0 Å². The number of aryl methyl sites for hydroxylation is 2. The quantitative estimate of drug-likeness (QED) is 0.863. The van der Waals surface area contributed by atoms with Crippen molar-refractivity contribution < 1.29 is 14.3 Å². The molecular weight excluding hydrogens is 310 g/mol. The largest absolute Gasteiger partial charge is 0.454 e. The third-order valence-electron chi connectivity index (χ3n) is 4.41. The fourth-order valence-corrected chi connectivity index (χ4v) is 4.42. The molecule has 0 bridgehead atoms. The number of benzene rings is 1. The van der Waals surface area contributed by atoms with E-state index in [2.05, 4.69) is 6.07 Å². The number of rotatable bonds is 3. The van der Waals surface area contributed by atoms with Crippen molar-refractivity contribution in [1.29, 1.82) is 0 Å². The van der Waals surface area contributed by atoms with E-state index in [1.54, 1.807) is 16.2 Å². The van der Waals surface area contributed by atoms with Gasteiger partial charge in [-0.3, -0.25) is 4.79 Å². The van der Waals surface area contributed by atoms with Gasteiger partial charge in [0.15, 0.2) is 11.5 Å². The van der Waals surface area contributed by atoms with Crippen molar-refractivity contribution in [3.05, 3.63) is 45.1 Å². The molecule has 0 unspecified atom stereocenters. The number of fused-ring (bicyclic) bond motifs is 2. The maximum Gasteiger partial charge on any atom is 0.263 e. The zero-order valence-corrected chi connectivity index (χ0v) is 13.9. The minimum Gasteiger partial charge on any atom is -0.454 e. The molecule has 2 aromatic rings. The summed E-state index contributed by atoms with van der Waals surface area (Å²) in [6.45, 7) is 0.840. The molecule has 0 atom stereocenters. The number of ether oxygens (including phenoxy) is 2. The van der Waals surface area contributed by atoms with Gasteiger partial charge in [0, 0.05) is 18.5 Å². The first-order valence-corrected chi connectivity index (χ1v) is 8.78. The fourth-order valence-electron chi connectivity index (χ4n) is 3.17. The molecule has 4 nitrogen and oxygen atoms in total. The van der Waals surface area contributed by atoms with Gasteiger partial charge < -0.3 is 14.4 Å². The highest BCUT2D eigenvalue weighted by atomic mass is 32.1. The molecule has 23 heavy (non-hydrogen) atoms. The van der Waals surface area contributed by atoms with E-state index < -0.39 is 0 Å². The summed E-state index contributed by atoms with van der Waals surface area (Å²) in [6, 6.07) is 7.93. The molecule has 1 aromatic heterocycles. The molecule has 0 spiro atoms. The Bertz CT molecular complexity index is 729. The zero-order chi connectivity index (χ0) is 15.8. The van der Waals surface area contributed by atoms with Crippen molar-refractivity contribution in [2.75, 3.05) is 13.8 Å². The maximum atomic E-state index is 12.7. The van der Waals surface area contributed by atoms with Crippen molar-refractivity contribution in [3.63, 3.8) is 0 Å². The Morgan fingerprint density at radius 2 is 2.00 bits per heavy atom. The third-order valence-corrected chi connectivity index (χ3v) is 5.64. The van der Waals surface area contributed by atoms with Crippen LogP contribution in [-0.4, -0.2) is 24.6 Å². The molecular formula is C18H19NO3S. The summed E-state index contributed by atoms with van der Waals surface area (Å²) in [4.78, 5) is 16.7. The van der Waals surface area contributed by atoms with Gasteiger partial charge in [-0.15, -0.1) is 11.3 Å². The first kappa shape index (κ1) is 14.6. The number of nitrogens with zero attached hydrogens (tertiary/aromatic N) is 1. The number of carbonyl (C=O) groups is 1. The Kier molecular flexibility index (Phi) is 3.73. The Morgan fingerprint density at radius 3 is 2.87 bits per heavy atom. The van der Waals surface area contributed by atoms with Gasteiger partial charge in [-0.1, -0.05) is 6.07 Å². The minimum absolute atomic E-state index is 0.0991. The first-order chi connectivity index (χ1) is 11.2. The molecule has 0 saturated heterocycles. The highest BCUT2D eigenvalue weighted by Gasteiger charge is 2.20. The Labute approximate surface area is 139 Å². The first-order valence-electron chi connectivity index (χ1n) is 7.96. The molecule has 1 aromatic carbocycles. The Morgan fingerprint density at radius 1 is 1.17 bits per heavy atom. The van der Waals surface area contributed by atoms with E-state index in [4.69, 9.17) is 9.47 Å². The maximum absolute atomic E-state index is 12.7. The zero-order valence-electron chi connectivity index (χ0n) is 13.1. The van der Waals surface area contributed by atoms with Crippen LogP contribution in [0.1, 0.15) is 38.5 Å². The van der Waals surface area contributed by atoms with Crippen molar-refractivity contribution in [3.8, 4) is 11.5 Å². The summed E-state index contributed by atoms with van der Waals surface area (Å²) in [7, 11) is 1.85. The number of carbonyl (C=O) groups excluding carboxylic acids is 1. The van der Waals surface area contributed by atoms with Crippen LogP contribution in [0, 0.1) is 0 Å². The van der Waals surface area contributed by atoms with Gasteiger partial charge >= 0.3 is 0 Å². The predicted molar refractivity (Wildman–Crippen MR) is 89.3 cm³/mol. The van der Waals surface area contributed by atoms with Crippen molar-refractivity contribution in [2.24, 2.45) is 0 Å². The lowest BCUT2D eigenvalue weighted by Gasteiger charge is -2.16. The van der Waals surface area contributed by atoms with E-state index in [1.165, 1.54) is 23.3 Å². The summed E-state index contributed by atoms with van der Waals surface area (Å²) in [5.41, 5.74) is 2.42. The number of thiophene rings is 1. The molecule has 2 aliphatic rings. The van der Waals surface area contributed by atoms with Crippen LogP contribution in [0.4, 0.5) is 0 Å². The van der Waals surface area contributed by atoms with Gasteiger partial charge in [0.1, 0.15) is 0 Å². The summed E-state index contributed by atoms with van der Waals surface area (Å²) < 4.78 is 10.7. The second-order valence-corrected chi connectivity index (χ2v) is 7.25. The summed E-state index contributed by atoms with van der Waals surface area (Å²) >= 11 is 1.67. The average molecular weight is 329 g/mol. The number of hydrogen-bond donors (Lipinski definition) is 0. The Hall–Kier alpha value is -2.01. The van der Waals surface area contributed by atoms with E-state index >= 15 is 0 Å². The molecule has 0 N–H and O–H groups in total. The van der Waals surface area contributed by atoms with E-state index in [1.807, 2.05) is 25.2 Å². The standard InChI is InChI=1S/C18H19NO3S/c1-19(10-12-6-7-14-15(8-12)22-11-21-14)18(20)17-9-13-4-2-3-5-16(13)23-17/h6-9H,2-5,10-11H2,1H3. The van der Waals surface area contributed by atoms with Crippen molar-refractivity contribution in [2.45, 2.75) is 32.2 Å². The Balaban J connectivity index is 1.49. The van der Waals surface area contributed by atoms with Gasteiger partial charge in [0.05, 0.1) is 4.88 Å². The number of amides is 1. The number of hydrogen-bond acceptors (Lipinski definition) is 4. The van der Waals surface area contributed by atoms with E-state index in [0.717, 1.165) is 34.8 Å². The second kappa shape index (κ2) is 5.89. The van der Waals surface area contributed by atoms with Crippen LogP contribution in [0.5, 0.6) is 11.5 Å². The van der Waals surface area contributed by atoms with E-state index in [9.17, 15) is 4.79 Å². The summed E-state index contributed by atoms with van der Waals surface area (Å²) in [5.74, 6) is 1.63. The highest BCUT2D eigenvalue weighted by molar-refractivity contribution is 7.14. The average Bonchev–Trinajstić information content (AvgIpc) is 3.19. The molecule has 1 aliphatic heterocycles. The highest BCUT2D eigenvalue weighted by Crippen LogP contribution is 2.33. The lowest BCUT2D eigenvalue weighted by Crippen LogP contribution is -2.25. The van der Waals surface area contributed by atoms with Gasteiger partial charge in [0.2, 0.25) is 6.79 Å². The second-order valence-electron chi connectivity index (χ2n) is 6.12. The molecule has 1 amide bonds. The van der Waals surface area contributed by atoms with Crippen LogP contribution in [0.15, 0.2) is 24.3 Å². The smallest absolute Gasteiger partial charge is 0.263 e. The lowest BCUT2D eigenvalue weighted by atomic mass is 9.99. The molecule has 120 valence electrons. The van der Waals surface area contributed by atoms with Crippen LogP contribution >= 0.6 is 11.3 Å². The minimum atomic E-state index is 0.0991. The topological polar surface area (TPSA) is 38.8 Å². The molecule has 2 heterocycles. The van der Waals surface area contributed by atoms with Crippen LogP contribution in [0.25, 0.3) is 0 Å². The van der Waals surface area contributed by atoms with Gasteiger partial charge in [-0.05, 0) is 55.0 Å². The van der Waals surface area contributed by atoms with Crippen LogP contribution in [-0.2, 0) is 19.4 Å². The SMILES string of the molecule is CN(Cc1ccc2c(c1)OCO2)C(=O)c1cc2c(s1)CCCC2. The molecule has 1 aliphatic carbocycles. The van der Waals surface area contributed by atoms with Gasteiger partial charge in [-0.2, -0.15) is 0 Å². The molecule has 0 saturated carbocycles. The lowest BCUT2D eigenvalue weighted by molar-refractivity contribution is 0.0789. The molecule has 0 radical (unpaired) electrons. The summed E-state index contributed by atoms with van der Waals surface area (Å²) in [5, 5.41) is 0. The van der Waals surface area contributed by atoms with E-state index in [0.29, 0.717) is 6.54 Å². The van der Waals surface area contributed by atoms with Crippen LogP contribution < -0.4 is 9.47 Å². The van der Waals surface area contributed by atoms with Crippen molar-refractivity contribution in [1.82, 2.24) is 4.90 Å².